The Morgan fingerprint density at radius 2 is 1.76 bits per heavy atom. The quantitative estimate of drug-likeness (QED) is 0.787. The molecule has 2 rings (SSSR count). The van der Waals surface area contributed by atoms with Crippen LogP contribution in [0.15, 0.2) is 24.3 Å². The van der Waals surface area contributed by atoms with Gasteiger partial charge in [-0.2, -0.15) is 0 Å². The topological polar surface area (TPSA) is 78.5 Å². The summed E-state index contributed by atoms with van der Waals surface area (Å²) in [6.45, 7) is 6.76. The van der Waals surface area contributed by atoms with Gasteiger partial charge in [-0.25, -0.2) is 4.39 Å². The van der Waals surface area contributed by atoms with E-state index in [4.69, 9.17) is 0 Å². The van der Waals surface area contributed by atoms with Crippen LogP contribution in [0.2, 0.25) is 0 Å². The van der Waals surface area contributed by atoms with Crippen molar-refractivity contribution in [3.63, 3.8) is 0 Å². The number of benzene rings is 1. The van der Waals surface area contributed by atoms with Gasteiger partial charge < -0.3 is 15.5 Å². The van der Waals surface area contributed by atoms with Crippen LogP contribution >= 0.6 is 0 Å². The maximum Gasteiger partial charge on any atom is 0.251 e. The molecule has 1 atom stereocenters. The molecule has 6 nitrogen and oxygen atoms in total. The van der Waals surface area contributed by atoms with Crippen molar-refractivity contribution in [1.29, 1.82) is 0 Å². The van der Waals surface area contributed by atoms with Crippen LogP contribution in [0.5, 0.6) is 0 Å². The summed E-state index contributed by atoms with van der Waals surface area (Å²) >= 11 is 0. The fourth-order valence-corrected chi connectivity index (χ4v) is 2.74. The fraction of sp³-hybridized carbons (Fsp3) is 0.500. The highest BCUT2D eigenvalue weighted by Gasteiger charge is 2.39. The van der Waals surface area contributed by atoms with Gasteiger partial charge in [-0.1, -0.05) is 0 Å². The second-order valence-corrected chi connectivity index (χ2v) is 7.13. The van der Waals surface area contributed by atoms with Gasteiger partial charge in [0.1, 0.15) is 5.82 Å². The molecule has 1 aliphatic rings. The van der Waals surface area contributed by atoms with Crippen molar-refractivity contribution in [3.05, 3.63) is 35.6 Å². The maximum atomic E-state index is 12.8. The highest BCUT2D eigenvalue weighted by molar-refractivity contribution is 5.94. The number of nitrogens with zero attached hydrogens (tertiary/aromatic N) is 1. The van der Waals surface area contributed by atoms with E-state index in [2.05, 4.69) is 10.6 Å². The average molecular weight is 349 g/mol. The molecule has 0 radical (unpaired) electrons. The van der Waals surface area contributed by atoms with Crippen molar-refractivity contribution in [2.24, 2.45) is 5.92 Å². The number of carbonyl (C=O) groups is 3. The molecule has 1 aromatic carbocycles. The van der Waals surface area contributed by atoms with Gasteiger partial charge in [-0.3, -0.25) is 14.4 Å². The zero-order valence-corrected chi connectivity index (χ0v) is 14.8. The molecular formula is C18H24FN3O3. The van der Waals surface area contributed by atoms with Gasteiger partial charge in [-0.15, -0.1) is 0 Å². The normalized spacial score (nSPS) is 17.5. The lowest BCUT2D eigenvalue weighted by molar-refractivity contribution is -0.132. The Morgan fingerprint density at radius 1 is 1.16 bits per heavy atom. The molecule has 1 heterocycles. The SMILES string of the molecule is CC(C)(C)N1CC(C(=O)NCCNC(=O)c2ccc(F)cc2)CC1=O. The Labute approximate surface area is 146 Å². The number of hydrogen-bond acceptors (Lipinski definition) is 3. The minimum absolute atomic E-state index is 0.0164. The first kappa shape index (κ1) is 18.9. The number of rotatable bonds is 5. The van der Waals surface area contributed by atoms with Crippen molar-refractivity contribution in [1.82, 2.24) is 15.5 Å². The van der Waals surface area contributed by atoms with E-state index < -0.39 is 5.82 Å². The second-order valence-electron chi connectivity index (χ2n) is 7.13. The molecule has 2 N–H and O–H groups in total. The molecule has 3 amide bonds. The Balaban J connectivity index is 1.73. The number of amides is 3. The standard InChI is InChI=1S/C18H24FN3O3/c1-18(2,3)22-11-13(10-15(22)23)17(25)21-9-8-20-16(24)12-4-6-14(19)7-5-12/h4-7,13H,8-11H2,1-3H3,(H,20,24)(H,21,25). The molecule has 0 saturated carbocycles. The van der Waals surface area contributed by atoms with Crippen LogP contribution in [0.4, 0.5) is 4.39 Å². The van der Waals surface area contributed by atoms with Gasteiger partial charge in [0.05, 0.1) is 5.92 Å². The molecule has 0 aromatic heterocycles. The van der Waals surface area contributed by atoms with Gasteiger partial charge >= 0.3 is 0 Å². The molecular weight excluding hydrogens is 325 g/mol. The molecule has 1 aliphatic heterocycles. The molecule has 1 saturated heterocycles. The van der Waals surface area contributed by atoms with Crippen molar-refractivity contribution < 1.29 is 18.8 Å². The van der Waals surface area contributed by atoms with E-state index >= 15 is 0 Å². The van der Waals surface area contributed by atoms with Gasteiger partial charge in [0, 0.05) is 37.2 Å². The summed E-state index contributed by atoms with van der Waals surface area (Å²) in [5.74, 6) is -1.30. The Morgan fingerprint density at radius 3 is 2.32 bits per heavy atom. The number of likely N-dealkylation sites (tertiary alicyclic amines) is 1. The summed E-state index contributed by atoms with van der Waals surface area (Å²) in [6, 6.07) is 5.23. The summed E-state index contributed by atoms with van der Waals surface area (Å²) in [5, 5.41) is 5.39. The largest absolute Gasteiger partial charge is 0.354 e. The third-order valence-corrected chi connectivity index (χ3v) is 4.12. The van der Waals surface area contributed by atoms with Crippen LogP contribution in [-0.2, 0) is 9.59 Å². The summed E-state index contributed by atoms with van der Waals surface area (Å²) < 4.78 is 12.8. The Kier molecular flexibility index (Phi) is 5.77. The minimum atomic E-state index is -0.403. The number of nitrogens with one attached hydrogen (secondary N) is 2. The number of hydrogen-bond donors (Lipinski definition) is 2. The molecule has 136 valence electrons. The monoisotopic (exact) mass is 349 g/mol. The van der Waals surface area contributed by atoms with E-state index in [0.29, 0.717) is 12.1 Å². The first-order valence-electron chi connectivity index (χ1n) is 8.30. The maximum absolute atomic E-state index is 12.8. The lowest BCUT2D eigenvalue weighted by Crippen LogP contribution is -2.43. The molecule has 0 bridgehead atoms. The van der Waals surface area contributed by atoms with Gasteiger partial charge in [-0.05, 0) is 45.0 Å². The van der Waals surface area contributed by atoms with E-state index in [0.717, 1.165) is 0 Å². The lowest BCUT2D eigenvalue weighted by atomic mass is 10.1. The van der Waals surface area contributed by atoms with E-state index in [1.54, 1.807) is 4.90 Å². The molecule has 1 unspecified atom stereocenters. The third-order valence-electron chi connectivity index (χ3n) is 4.12. The van der Waals surface area contributed by atoms with E-state index in [9.17, 15) is 18.8 Å². The van der Waals surface area contributed by atoms with Gasteiger partial charge in [0.15, 0.2) is 0 Å². The Hall–Kier alpha value is -2.44. The average Bonchev–Trinajstić information content (AvgIpc) is 2.94. The van der Waals surface area contributed by atoms with E-state index in [-0.39, 0.29) is 48.7 Å². The first-order chi connectivity index (χ1) is 11.7. The highest BCUT2D eigenvalue weighted by atomic mass is 19.1. The lowest BCUT2D eigenvalue weighted by Gasteiger charge is -2.31. The molecule has 7 heteroatoms. The molecule has 25 heavy (non-hydrogen) atoms. The predicted octanol–water partition coefficient (Wildman–Crippen LogP) is 1.32. The van der Waals surface area contributed by atoms with Crippen LogP contribution in [0.1, 0.15) is 37.6 Å². The number of carbonyl (C=O) groups excluding carboxylic acids is 3. The first-order valence-corrected chi connectivity index (χ1v) is 8.30. The van der Waals surface area contributed by atoms with Crippen molar-refractivity contribution in [2.75, 3.05) is 19.6 Å². The zero-order valence-electron chi connectivity index (χ0n) is 14.8. The summed E-state index contributed by atoms with van der Waals surface area (Å²) in [6.07, 6.45) is 0.213. The summed E-state index contributed by atoms with van der Waals surface area (Å²) in [4.78, 5) is 37.7. The Bertz CT molecular complexity index is 653. The van der Waals surface area contributed by atoms with Crippen LogP contribution in [0, 0.1) is 11.7 Å². The molecule has 0 aliphatic carbocycles. The van der Waals surface area contributed by atoms with E-state index in [1.807, 2.05) is 20.8 Å². The van der Waals surface area contributed by atoms with Crippen LogP contribution in [0.25, 0.3) is 0 Å². The third kappa shape index (κ3) is 5.01. The molecule has 0 spiro atoms. The predicted molar refractivity (Wildman–Crippen MR) is 91.3 cm³/mol. The minimum Gasteiger partial charge on any atom is -0.354 e. The fourth-order valence-electron chi connectivity index (χ4n) is 2.74. The smallest absolute Gasteiger partial charge is 0.251 e. The zero-order chi connectivity index (χ0) is 18.6. The van der Waals surface area contributed by atoms with Crippen LogP contribution in [0.3, 0.4) is 0 Å². The number of halogens is 1. The van der Waals surface area contributed by atoms with Crippen LogP contribution in [-0.4, -0.2) is 47.8 Å². The van der Waals surface area contributed by atoms with Crippen molar-refractivity contribution in [3.8, 4) is 0 Å². The van der Waals surface area contributed by atoms with Gasteiger partial charge in [0.2, 0.25) is 11.8 Å². The van der Waals surface area contributed by atoms with Gasteiger partial charge in [0.25, 0.3) is 5.91 Å². The summed E-state index contributed by atoms with van der Waals surface area (Å²) in [7, 11) is 0. The highest BCUT2D eigenvalue weighted by Crippen LogP contribution is 2.25. The molecule has 1 fully saturated rings. The van der Waals surface area contributed by atoms with Crippen molar-refractivity contribution in [2.45, 2.75) is 32.7 Å². The van der Waals surface area contributed by atoms with E-state index in [1.165, 1.54) is 24.3 Å². The van der Waals surface area contributed by atoms with Crippen molar-refractivity contribution >= 4 is 17.7 Å². The second kappa shape index (κ2) is 7.63. The van der Waals surface area contributed by atoms with Crippen LogP contribution < -0.4 is 10.6 Å². The molecule has 1 aromatic rings. The summed E-state index contributed by atoms with van der Waals surface area (Å²) in [5.41, 5.74) is 0.0600.